The summed E-state index contributed by atoms with van der Waals surface area (Å²) < 4.78 is 35.0. The maximum atomic E-state index is 14.3. The van der Waals surface area contributed by atoms with Crippen LogP contribution in [0.5, 0.6) is 0 Å². The number of nitrogens with one attached hydrogen (secondary N) is 1. The number of nitrogens with zero attached hydrogens (tertiary/aromatic N) is 4. The predicted octanol–water partition coefficient (Wildman–Crippen LogP) is 4.53. The minimum absolute atomic E-state index is 0.0153. The van der Waals surface area contributed by atoms with Gasteiger partial charge in [-0.3, -0.25) is 14.4 Å². The molecule has 1 aromatic carbocycles. The van der Waals surface area contributed by atoms with Crippen molar-refractivity contribution in [2.45, 2.75) is 116 Å². The summed E-state index contributed by atoms with van der Waals surface area (Å²) in [5, 5.41) is 0. The third-order valence-electron chi connectivity index (χ3n) is 7.84. The summed E-state index contributed by atoms with van der Waals surface area (Å²) in [6, 6.07) is 3.02. The lowest BCUT2D eigenvalue weighted by Crippen LogP contribution is -2.59. The van der Waals surface area contributed by atoms with E-state index in [1.54, 1.807) is 52.1 Å². The molecule has 0 radical (unpaired) electrons. The molecular weight excluding hydrogens is 655 g/mol. The van der Waals surface area contributed by atoms with Crippen LogP contribution in [0.4, 0.5) is 0 Å². The molecule has 1 heterocycles. The smallest absolute Gasteiger partial charge is 0.329 e. The Morgan fingerprint density at radius 3 is 1.75 bits per heavy atom. The molecule has 3 amide bonds. The number of hydrogen-bond donors (Lipinski definition) is 1. The number of likely N-dealkylation sites (N-methyl/N-ethyl adjacent to an activating group) is 3. The van der Waals surface area contributed by atoms with E-state index in [0.29, 0.717) is 16.6 Å². The number of rotatable bonds is 15. The first-order chi connectivity index (χ1) is 22.0. The van der Waals surface area contributed by atoms with Crippen LogP contribution in [0.25, 0.3) is 10.2 Å². The van der Waals surface area contributed by atoms with E-state index in [2.05, 4.69) is 9.71 Å². The van der Waals surface area contributed by atoms with E-state index in [4.69, 9.17) is 4.74 Å². The molecule has 2 aromatic rings. The van der Waals surface area contributed by atoms with Crippen LogP contribution in [0.3, 0.4) is 0 Å². The highest BCUT2D eigenvalue weighted by atomic mass is 32.2. The molecule has 4 atom stereocenters. The Bertz CT molecular complexity index is 1520. The molecule has 0 aliphatic rings. The quantitative estimate of drug-likeness (QED) is 0.266. The van der Waals surface area contributed by atoms with Gasteiger partial charge in [-0.15, -0.1) is 11.3 Å². The van der Waals surface area contributed by atoms with Gasteiger partial charge in [0, 0.05) is 21.1 Å². The molecule has 0 spiro atoms. The van der Waals surface area contributed by atoms with Crippen molar-refractivity contribution in [3.8, 4) is 0 Å². The number of fused-ring (bicyclic) bond motifs is 1. The third kappa shape index (κ3) is 10.7. The van der Waals surface area contributed by atoms with Gasteiger partial charge in [0.25, 0.3) is 10.0 Å². The van der Waals surface area contributed by atoms with Crippen molar-refractivity contribution >= 4 is 55.3 Å². The number of para-hydroxylation sites is 1. The molecule has 14 heteroatoms. The van der Waals surface area contributed by atoms with Crippen molar-refractivity contribution < 1.29 is 32.3 Å². The molecule has 1 N–H and O–H groups in total. The third-order valence-corrected chi connectivity index (χ3v) is 10.8. The number of benzene rings is 1. The number of sulfonamides is 1. The summed E-state index contributed by atoms with van der Waals surface area (Å²) in [5.74, 6) is -2.29. The van der Waals surface area contributed by atoms with E-state index in [-0.39, 0.29) is 28.5 Å². The standard InChI is InChI=1S/C34H55N5O7S2/c1-20(2)18-25(37(11)29(40)23(7)36-48(44,45)33-35-24-16-14-15-17-27(24)47-33)30(41)38(12)26(19-21(3)4)31(42)39(13)28(22(5)6)32(43)46-34(8,9)10/h14-17,20-23,25-26,28,36H,18-19H2,1-13H3/t23-,25-,26-,28-/m0/s1. The summed E-state index contributed by atoms with van der Waals surface area (Å²) in [7, 11) is 0.401. The molecule has 0 aliphatic heterocycles. The van der Waals surface area contributed by atoms with Gasteiger partial charge in [-0.2, -0.15) is 4.72 Å². The summed E-state index contributed by atoms with van der Waals surface area (Å²) in [4.78, 5) is 63.4. The lowest BCUT2D eigenvalue weighted by molar-refractivity contribution is -0.167. The van der Waals surface area contributed by atoms with Crippen molar-refractivity contribution in [2.24, 2.45) is 17.8 Å². The fraction of sp³-hybridized carbons (Fsp3) is 0.676. The highest BCUT2D eigenvalue weighted by molar-refractivity contribution is 7.91. The highest BCUT2D eigenvalue weighted by Gasteiger charge is 2.41. The number of hydrogen-bond acceptors (Lipinski definition) is 9. The second-order valence-corrected chi connectivity index (χ2v) is 17.6. The molecule has 0 unspecified atom stereocenters. The van der Waals surface area contributed by atoms with Crippen LogP contribution in [-0.4, -0.2) is 103 Å². The van der Waals surface area contributed by atoms with E-state index in [9.17, 15) is 27.6 Å². The number of aromatic nitrogens is 1. The number of amides is 3. The summed E-state index contributed by atoms with van der Waals surface area (Å²) >= 11 is 0.998. The lowest BCUT2D eigenvalue weighted by atomic mass is 9.96. The van der Waals surface area contributed by atoms with Crippen molar-refractivity contribution in [1.29, 1.82) is 0 Å². The van der Waals surface area contributed by atoms with E-state index in [1.807, 2.05) is 41.5 Å². The Morgan fingerprint density at radius 2 is 1.29 bits per heavy atom. The largest absolute Gasteiger partial charge is 0.458 e. The van der Waals surface area contributed by atoms with Crippen molar-refractivity contribution in [2.75, 3.05) is 21.1 Å². The van der Waals surface area contributed by atoms with Gasteiger partial charge in [0.05, 0.1) is 16.3 Å². The molecule has 48 heavy (non-hydrogen) atoms. The molecule has 270 valence electrons. The zero-order valence-corrected chi connectivity index (χ0v) is 32.4. The van der Waals surface area contributed by atoms with Gasteiger partial charge in [0.2, 0.25) is 22.1 Å². The van der Waals surface area contributed by atoms with Crippen LogP contribution in [-0.2, 0) is 33.9 Å². The van der Waals surface area contributed by atoms with Gasteiger partial charge < -0.3 is 19.4 Å². The normalized spacial score (nSPS) is 14.9. The number of carbonyl (C=O) groups excluding carboxylic acids is 4. The maximum Gasteiger partial charge on any atom is 0.329 e. The zero-order chi connectivity index (χ0) is 36.9. The van der Waals surface area contributed by atoms with E-state index >= 15 is 0 Å². The Hall–Kier alpha value is -3.10. The minimum Gasteiger partial charge on any atom is -0.458 e. The molecule has 0 fully saturated rings. The highest BCUT2D eigenvalue weighted by Crippen LogP contribution is 2.26. The molecule has 2 rings (SSSR count). The summed E-state index contributed by atoms with van der Waals surface area (Å²) in [5.41, 5.74) is -0.217. The lowest BCUT2D eigenvalue weighted by Gasteiger charge is -2.39. The van der Waals surface area contributed by atoms with Crippen LogP contribution in [0, 0.1) is 17.8 Å². The molecule has 0 saturated heterocycles. The second kappa shape index (κ2) is 16.5. The Kier molecular flexibility index (Phi) is 14.1. The molecule has 0 bridgehead atoms. The van der Waals surface area contributed by atoms with E-state index < -0.39 is 63.5 Å². The van der Waals surface area contributed by atoms with Crippen molar-refractivity contribution in [3.63, 3.8) is 0 Å². The monoisotopic (exact) mass is 709 g/mol. The maximum absolute atomic E-state index is 14.3. The average Bonchev–Trinajstić information content (AvgIpc) is 3.41. The molecular formula is C34H55N5O7S2. The van der Waals surface area contributed by atoms with Crippen LogP contribution in [0.2, 0.25) is 0 Å². The van der Waals surface area contributed by atoms with Crippen LogP contribution >= 0.6 is 11.3 Å². The summed E-state index contributed by atoms with van der Waals surface area (Å²) in [6.07, 6.45) is 0.586. The molecule has 0 saturated carbocycles. The number of carbonyl (C=O) groups is 4. The first-order valence-electron chi connectivity index (χ1n) is 16.4. The van der Waals surface area contributed by atoms with Gasteiger partial charge in [0.15, 0.2) is 0 Å². The van der Waals surface area contributed by atoms with E-state index in [1.165, 1.54) is 35.7 Å². The predicted molar refractivity (Wildman–Crippen MR) is 189 cm³/mol. The molecule has 0 aliphatic carbocycles. The Labute approximate surface area is 290 Å². The Morgan fingerprint density at radius 1 is 0.812 bits per heavy atom. The van der Waals surface area contributed by atoms with Gasteiger partial charge in [-0.1, -0.05) is 53.7 Å². The average molecular weight is 710 g/mol. The number of esters is 1. The first kappa shape index (κ1) is 41.1. The fourth-order valence-corrected chi connectivity index (χ4v) is 7.94. The first-order valence-corrected chi connectivity index (χ1v) is 18.7. The van der Waals surface area contributed by atoms with Crippen molar-refractivity contribution in [1.82, 2.24) is 24.4 Å². The van der Waals surface area contributed by atoms with Crippen LogP contribution in [0.15, 0.2) is 28.6 Å². The van der Waals surface area contributed by atoms with Gasteiger partial charge in [-0.25, -0.2) is 18.2 Å². The topological polar surface area (TPSA) is 146 Å². The summed E-state index contributed by atoms with van der Waals surface area (Å²) in [6.45, 7) is 18.1. The van der Waals surface area contributed by atoms with Gasteiger partial charge >= 0.3 is 5.97 Å². The second-order valence-electron chi connectivity index (χ2n) is 14.7. The number of ether oxygens (including phenoxy) is 1. The minimum atomic E-state index is -4.14. The number of thiazole rings is 1. The Balaban J connectivity index is 2.37. The van der Waals surface area contributed by atoms with Crippen molar-refractivity contribution in [3.05, 3.63) is 24.3 Å². The zero-order valence-electron chi connectivity index (χ0n) is 30.7. The fourth-order valence-electron chi connectivity index (χ4n) is 5.50. The molecule has 12 nitrogen and oxygen atoms in total. The van der Waals surface area contributed by atoms with Gasteiger partial charge in [-0.05, 0) is 70.4 Å². The SMILES string of the molecule is CC(C)C[C@@H](C(=O)N(C)[C@@H](CC(C)C)C(=O)N(C)[C@H](C(=O)OC(C)(C)C)C(C)C)N(C)C(=O)[C@H](C)NS(=O)(=O)c1nc2ccccc2s1. The molecule has 1 aromatic heterocycles. The van der Waals surface area contributed by atoms with E-state index in [0.717, 1.165) is 11.3 Å². The van der Waals surface area contributed by atoms with Crippen LogP contribution < -0.4 is 4.72 Å². The van der Waals surface area contributed by atoms with Gasteiger partial charge in [0.1, 0.15) is 23.7 Å². The van der Waals surface area contributed by atoms with Crippen LogP contribution in [0.1, 0.15) is 82.1 Å².